The monoisotopic (exact) mass is 399 g/mol. The molecule has 0 spiro atoms. The van der Waals surface area contributed by atoms with Crippen molar-refractivity contribution in [1.82, 2.24) is 0 Å². The highest BCUT2D eigenvalue weighted by molar-refractivity contribution is 7.59. The SMILES string of the molecule is C[B][C@@H]1O[C@H](COP(=O)(OP)[C@@H](C)C(=O)OC(C)C)[C@H](OC)C1(C)F. The van der Waals surface area contributed by atoms with E-state index in [4.69, 9.17) is 23.0 Å². The quantitative estimate of drug-likeness (QED) is 0.335. The Labute approximate surface area is 151 Å². The van der Waals surface area contributed by atoms with Crippen LogP contribution in [0.3, 0.4) is 0 Å². The van der Waals surface area contributed by atoms with E-state index in [-0.39, 0.29) is 12.7 Å². The van der Waals surface area contributed by atoms with Crippen molar-refractivity contribution in [3.63, 3.8) is 0 Å². The maximum atomic E-state index is 14.8. The number of hydrogen-bond acceptors (Lipinski definition) is 7. The van der Waals surface area contributed by atoms with Crippen molar-refractivity contribution in [2.24, 2.45) is 0 Å². The molecule has 1 heterocycles. The second-order valence-electron chi connectivity index (χ2n) is 6.34. The summed E-state index contributed by atoms with van der Waals surface area (Å²) in [4.78, 5) is 12.0. The smallest absolute Gasteiger partial charge is 0.347 e. The minimum atomic E-state index is -3.84. The molecule has 0 saturated carbocycles. The van der Waals surface area contributed by atoms with Crippen LogP contribution in [0.15, 0.2) is 0 Å². The lowest BCUT2D eigenvalue weighted by Crippen LogP contribution is -2.45. The van der Waals surface area contributed by atoms with Crippen molar-refractivity contribution in [2.75, 3.05) is 13.7 Å². The molecule has 0 amide bonds. The lowest BCUT2D eigenvalue weighted by atomic mass is 9.67. The first-order chi connectivity index (χ1) is 11.5. The number of ether oxygens (including phenoxy) is 3. The van der Waals surface area contributed by atoms with Gasteiger partial charge in [0.2, 0.25) is 0 Å². The largest absolute Gasteiger partial charge is 0.462 e. The zero-order valence-electron chi connectivity index (χ0n) is 15.4. The molecule has 1 fully saturated rings. The van der Waals surface area contributed by atoms with Gasteiger partial charge in [0.1, 0.15) is 12.2 Å². The van der Waals surface area contributed by atoms with Gasteiger partial charge in [-0.25, -0.2) is 4.39 Å². The van der Waals surface area contributed by atoms with Gasteiger partial charge in [0.05, 0.1) is 18.7 Å². The minimum Gasteiger partial charge on any atom is -0.462 e. The highest BCUT2D eigenvalue weighted by Gasteiger charge is 2.54. The third kappa shape index (κ3) is 5.24. The third-order valence-corrected chi connectivity index (χ3v) is 6.91. The topological polar surface area (TPSA) is 80.3 Å². The fraction of sp³-hybridized carbons (Fsp3) is 0.929. The van der Waals surface area contributed by atoms with E-state index in [1.165, 1.54) is 21.0 Å². The Balaban J connectivity index is 2.82. The molecule has 0 aliphatic carbocycles. The van der Waals surface area contributed by atoms with Gasteiger partial charge in [0.25, 0.3) is 0 Å². The van der Waals surface area contributed by atoms with Crippen molar-refractivity contribution in [3.8, 4) is 0 Å². The number of rotatable bonds is 9. The summed E-state index contributed by atoms with van der Waals surface area (Å²) in [6, 6.07) is -0.786. The van der Waals surface area contributed by atoms with Gasteiger partial charge in [-0.3, -0.25) is 13.7 Å². The molecule has 0 bridgehead atoms. The first-order valence-corrected chi connectivity index (χ1v) is 10.1. The number of carbonyl (C=O) groups is 1. The number of alkyl halides is 1. The van der Waals surface area contributed by atoms with Crippen molar-refractivity contribution < 1.29 is 36.8 Å². The van der Waals surface area contributed by atoms with Crippen LogP contribution in [0.2, 0.25) is 6.82 Å². The molecule has 3 unspecified atom stereocenters. The van der Waals surface area contributed by atoms with E-state index in [2.05, 4.69) is 0 Å². The average molecular weight is 399 g/mol. The fourth-order valence-electron chi connectivity index (χ4n) is 2.70. The molecule has 0 aromatic heterocycles. The highest BCUT2D eigenvalue weighted by atomic mass is 31.2. The second-order valence-corrected chi connectivity index (χ2v) is 9.29. The summed E-state index contributed by atoms with van der Waals surface area (Å²) in [5, 5.41) is 0. The minimum absolute atomic E-state index is 0.257. The van der Waals surface area contributed by atoms with Gasteiger partial charge in [0.15, 0.2) is 18.6 Å². The number of methoxy groups -OCH3 is 1. The Morgan fingerprint density at radius 2 is 2.04 bits per heavy atom. The Bertz CT molecular complexity index is 506. The summed E-state index contributed by atoms with van der Waals surface area (Å²) in [6.07, 6.45) is -2.08. The van der Waals surface area contributed by atoms with Crippen LogP contribution in [-0.2, 0) is 32.4 Å². The molecule has 145 valence electrons. The lowest BCUT2D eigenvalue weighted by Gasteiger charge is -2.27. The van der Waals surface area contributed by atoms with Gasteiger partial charge in [0, 0.05) is 16.6 Å². The van der Waals surface area contributed by atoms with Crippen LogP contribution in [0.1, 0.15) is 27.7 Å². The van der Waals surface area contributed by atoms with Crippen molar-refractivity contribution in [1.29, 1.82) is 0 Å². The van der Waals surface area contributed by atoms with Crippen molar-refractivity contribution in [3.05, 3.63) is 0 Å². The normalized spacial score (nSPS) is 33.1. The van der Waals surface area contributed by atoms with Gasteiger partial charge in [-0.2, -0.15) is 0 Å². The molecule has 0 aromatic rings. The van der Waals surface area contributed by atoms with Gasteiger partial charge < -0.3 is 18.7 Å². The van der Waals surface area contributed by atoms with Gasteiger partial charge in [-0.1, -0.05) is 6.82 Å². The summed E-state index contributed by atoms with van der Waals surface area (Å²) in [7, 11) is 0.943. The summed E-state index contributed by atoms with van der Waals surface area (Å²) in [5.41, 5.74) is -2.90. The third-order valence-electron chi connectivity index (χ3n) is 4.06. The molecule has 0 N–H and O–H groups in total. The standard InChI is InChI=1S/C14H27BFO7P2/c1-8(2)21-12(17)9(3)25(18,23-24)20-7-10-11(19-6)14(4,16)13(15-5)22-10/h8-11,13H,7,24H2,1-6H3/t9-,10+,11-,13+,14?,25?/m0/s1. The molecular formula is C14H27BFO7P2. The van der Waals surface area contributed by atoms with Crippen LogP contribution in [-0.4, -0.2) is 62.6 Å². The summed E-state index contributed by atoms with van der Waals surface area (Å²) in [6.45, 7) is 7.54. The molecule has 1 aliphatic heterocycles. The lowest BCUT2D eigenvalue weighted by molar-refractivity contribution is -0.146. The Hall–Kier alpha value is -0.0351. The fourth-order valence-corrected chi connectivity index (χ4v) is 4.57. The van der Waals surface area contributed by atoms with Crippen molar-refractivity contribution in [2.45, 2.75) is 70.2 Å². The van der Waals surface area contributed by atoms with E-state index < -0.39 is 43.1 Å². The molecular weight excluding hydrogens is 372 g/mol. The zero-order valence-corrected chi connectivity index (χ0v) is 17.5. The van der Waals surface area contributed by atoms with Gasteiger partial charge >= 0.3 is 13.6 Å². The van der Waals surface area contributed by atoms with E-state index in [1.807, 2.05) is 9.47 Å². The maximum Gasteiger partial charge on any atom is 0.347 e. The maximum absolute atomic E-state index is 14.8. The van der Waals surface area contributed by atoms with E-state index in [9.17, 15) is 13.8 Å². The van der Waals surface area contributed by atoms with E-state index in [1.54, 1.807) is 28.0 Å². The zero-order chi connectivity index (χ0) is 19.4. The molecule has 25 heavy (non-hydrogen) atoms. The molecule has 1 rings (SSSR count). The predicted octanol–water partition coefficient (Wildman–Crippen LogP) is 2.56. The number of carbonyl (C=O) groups excluding carboxylic acids is 1. The molecule has 1 saturated heterocycles. The van der Waals surface area contributed by atoms with Gasteiger partial charge in [-0.15, -0.1) is 0 Å². The molecule has 1 radical (unpaired) electrons. The van der Waals surface area contributed by atoms with Crippen LogP contribution >= 0.6 is 17.1 Å². The number of halogens is 1. The number of esters is 1. The van der Waals surface area contributed by atoms with Crippen LogP contribution in [0.4, 0.5) is 4.39 Å². The highest BCUT2D eigenvalue weighted by Crippen LogP contribution is 2.55. The molecule has 7 nitrogen and oxygen atoms in total. The van der Waals surface area contributed by atoms with Crippen LogP contribution in [0, 0.1) is 0 Å². The summed E-state index contributed by atoms with van der Waals surface area (Å²) in [5.74, 6) is -0.702. The summed E-state index contributed by atoms with van der Waals surface area (Å²) >= 11 is 0. The Morgan fingerprint density at radius 1 is 1.44 bits per heavy atom. The first kappa shape index (κ1) is 23.0. The van der Waals surface area contributed by atoms with Gasteiger partial charge in [-0.05, 0) is 27.7 Å². The van der Waals surface area contributed by atoms with Crippen LogP contribution in [0.5, 0.6) is 0 Å². The van der Waals surface area contributed by atoms with Crippen LogP contribution < -0.4 is 0 Å². The van der Waals surface area contributed by atoms with E-state index in [0.717, 1.165) is 0 Å². The second kappa shape index (κ2) is 9.25. The average Bonchev–Trinajstić information content (AvgIpc) is 2.80. The Morgan fingerprint density at radius 3 is 2.48 bits per heavy atom. The number of hydrogen-bond donors (Lipinski definition) is 0. The molecule has 11 heteroatoms. The Kier molecular flexibility index (Phi) is 8.51. The van der Waals surface area contributed by atoms with E-state index in [0.29, 0.717) is 0 Å². The first-order valence-electron chi connectivity index (χ1n) is 8.03. The van der Waals surface area contributed by atoms with Crippen LogP contribution in [0.25, 0.3) is 0 Å². The summed E-state index contributed by atoms with van der Waals surface area (Å²) < 4.78 is 53.7. The predicted molar refractivity (Wildman–Crippen MR) is 95.6 cm³/mol. The van der Waals surface area contributed by atoms with E-state index >= 15 is 0 Å². The molecule has 7 atom stereocenters. The molecule has 0 aromatic carbocycles. The van der Waals surface area contributed by atoms with Crippen molar-refractivity contribution >= 4 is 30.3 Å². The molecule has 1 aliphatic rings.